The maximum absolute atomic E-state index is 7.04. The largest absolute Gasteiger partial charge is 0.480 e. The molecule has 0 aliphatic carbocycles. The molecule has 230 valence electrons. The summed E-state index contributed by atoms with van der Waals surface area (Å²) >= 11 is 14.1. The van der Waals surface area contributed by atoms with E-state index < -0.39 is 0 Å². The van der Waals surface area contributed by atoms with Crippen LogP contribution < -0.4 is 20.9 Å². The van der Waals surface area contributed by atoms with Crippen LogP contribution >= 0.6 is 23.2 Å². The molecule has 44 heavy (non-hydrogen) atoms. The van der Waals surface area contributed by atoms with Gasteiger partial charge in [-0.15, -0.1) is 0 Å². The maximum atomic E-state index is 7.04. The first-order chi connectivity index (χ1) is 21.0. The molecule has 2 aromatic heterocycles. The van der Waals surface area contributed by atoms with Crippen molar-refractivity contribution in [3.05, 3.63) is 70.2 Å². The van der Waals surface area contributed by atoms with Crippen LogP contribution in [0.15, 0.2) is 48.8 Å². The molecular weight excluding hydrogens is 599 g/mol. The van der Waals surface area contributed by atoms with Crippen molar-refractivity contribution in [3.63, 3.8) is 0 Å². The lowest BCUT2D eigenvalue weighted by Crippen LogP contribution is -2.64. The Kier molecular flexibility index (Phi) is 8.25. The Hall–Kier alpha value is -3.38. The van der Waals surface area contributed by atoms with E-state index in [1.165, 1.54) is 0 Å². The smallest absolute Gasteiger partial charge is 0.237 e. The van der Waals surface area contributed by atoms with E-state index in [9.17, 15) is 0 Å². The van der Waals surface area contributed by atoms with Gasteiger partial charge in [0.1, 0.15) is 11.4 Å². The number of benzene rings is 2. The van der Waals surface area contributed by atoms with Crippen molar-refractivity contribution in [2.24, 2.45) is 11.5 Å². The monoisotopic (exact) mass is 634 g/mol. The fraction of sp³-hybridized carbons (Fsp3) is 0.375. The molecule has 6 rings (SSSR count). The Morgan fingerprint density at radius 2 is 1.05 bits per heavy atom. The van der Waals surface area contributed by atoms with Gasteiger partial charge in [0, 0.05) is 72.6 Å². The number of hydrogen-bond donors (Lipinski definition) is 2. The molecule has 2 saturated heterocycles. The Morgan fingerprint density at radius 1 is 0.682 bits per heavy atom. The number of halogens is 2. The molecule has 0 saturated carbocycles. The zero-order chi connectivity index (χ0) is 31.2. The minimum Gasteiger partial charge on any atom is -0.480 e. The first-order valence-electron chi connectivity index (χ1n) is 14.4. The summed E-state index contributed by atoms with van der Waals surface area (Å²) in [5, 5.41) is 0.996. The lowest BCUT2D eigenvalue weighted by molar-refractivity contribution is 0.0739. The van der Waals surface area contributed by atoms with Crippen LogP contribution in [0.5, 0.6) is 11.8 Å². The zero-order valence-electron chi connectivity index (χ0n) is 25.3. The first kappa shape index (κ1) is 30.6. The summed E-state index contributed by atoms with van der Waals surface area (Å²) < 4.78 is 11.2. The highest BCUT2D eigenvalue weighted by Gasteiger charge is 2.36. The minimum atomic E-state index is -0.170. The molecule has 0 unspecified atom stereocenters. The number of methoxy groups -OCH3 is 2. The van der Waals surface area contributed by atoms with E-state index in [4.69, 9.17) is 54.1 Å². The van der Waals surface area contributed by atoms with Gasteiger partial charge in [0.15, 0.2) is 0 Å². The van der Waals surface area contributed by atoms with E-state index in [1.54, 1.807) is 26.6 Å². The van der Waals surface area contributed by atoms with Gasteiger partial charge in [0.2, 0.25) is 11.8 Å². The fourth-order valence-electron chi connectivity index (χ4n) is 6.07. The topological polar surface area (TPSA) is 129 Å². The summed E-state index contributed by atoms with van der Waals surface area (Å²) in [5.74, 6) is 0.911. The van der Waals surface area contributed by atoms with Gasteiger partial charge >= 0.3 is 0 Å². The second-order valence-corrected chi connectivity index (χ2v) is 13.1. The lowest BCUT2D eigenvalue weighted by Gasteiger charge is -2.45. The fourth-order valence-corrected chi connectivity index (χ4v) is 6.72. The molecule has 4 heterocycles. The summed E-state index contributed by atoms with van der Waals surface area (Å²) in [6.07, 6.45) is 3.44. The molecule has 0 spiro atoms. The predicted octanol–water partition coefficient (Wildman–Crippen LogP) is 4.66. The van der Waals surface area contributed by atoms with Gasteiger partial charge in [0.25, 0.3) is 0 Å². The van der Waals surface area contributed by atoms with E-state index in [0.29, 0.717) is 57.4 Å². The quantitative estimate of drug-likeness (QED) is 0.268. The van der Waals surface area contributed by atoms with E-state index in [2.05, 4.69) is 19.8 Å². The molecule has 2 fully saturated rings. The van der Waals surface area contributed by atoms with E-state index in [-0.39, 0.29) is 11.1 Å². The molecule has 4 N–H and O–H groups in total. The summed E-state index contributed by atoms with van der Waals surface area (Å²) in [5.41, 5.74) is 17.6. The molecule has 12 heteroatoms. The lowest BCUT2D eigenvalue weighted by atomic mass is 9.94. The van der Waals surface area contributed by atoms with Crippen LogP contribution in [0.4, 0.5) is 0 Å². The van der Waals surface area contributed by atoms with Crippen molar-refractivity contribution in [2.75, 3.05) is 40.4 Å². The van der Waals surface area contributed by atoms with Crippen LogP contribution in [-0.4, -0.2) is 81.2 Å². The SMILES string of the molecule is COc1nc(-c2cccc(-c3cccc(-c4cnc(CN5CC(C)(N)C5)c(OC)n4)c3Cl)c2Cl)cnc1CN1CC(C)(N)C1. The highest BCUT2D eigenvalue weighted by Crippen LogP contribution is 2.42. The third-order valence-electron chi connectivity index (χ3n) is 7.94. The Morgan fingerprint density at radius 3 is 1.39 bits per heavy atom. The number of rotatable bonds is 9. The number of nitrogens with zero attached hydrogens (tertiary/aromatic N) is 6. The predicted molar refractivity (Wildman–Crippen MR) is 173 cm³/mol. The van der Waals surface area contributed by atoms with Gasteiger partial charge in [-0.3, -0.25) is 19.8 Å². The number of nitrogens with two attached hydrogens (primary N) is 2. The summed E-state index contributed by atoms with van der Waals surface area (Å²) in [4.78, 5) is 23.3. The van der Waals surface area contributed by atoms with Crippen LogP contribution in [0.25, 0.3) is 33.6 Å². The third kappa shape index (κ3) is 6.10. The van der Waals surface area contributed by atoms with Crippen molar-refractivity contribution in [3.8, 4) is 45.4 Å². The second kappa shape index (κ2) is 11.8. The minimum absolute atomic E-state index is 0.170. The highest BCUT2D eigenvalue weighted by molar-refractivity contribution is 6.39. The van der Waals surface area contributed by atoms with Crippen molar-refractivity contribution < 1.29 is 9.47 Å². The average Bonchev–Trinajstić information content (AvgIpc) is 2.96. The van der Waals surface area contributed by atoms with Crippen LogP contribution in [0, 0.1) is 0 Å². The Balaban J connectivity index is 1.28. The molecule has 0 radical (unpaired) electrons. The summed E-state index contributed by atoms with van der Waals surface area (Å²) in [7, 11) is 3.18. The van der Waals surface area contributed by atoms with Gasteiger partial charge < -0.3 is 20.9 Å². The van der Waals surface area contributed by atoms with Crippen molar-refractivity contribution in [2.45, 2.75) is 38.0 Å². The molecule has 4 aromatic rings. The molecule has 2 aliphatic rings. The highest BCUT2D eigenvalue weighted by atomic mass is 35.5. The number of ether oxygens (including phenoxy) is 2. The normalized spacial score (nSPS) is 17.5. The average molecular weight is 636 g/mol. The van der Waals surface area contributed by atoms with Crippen LogP contribution in [-0.2, 0) is 13.1 Å². The molecule has 0 atom stereocenters. The van der Waals surface area contributed by atoms with Gasteiger partial charge in [-0.2, -0.15) is 0 Å². The second-order valence-electron chi connectivity index (χ2n) is 12.4. The molecular formula is C32H36Cl2N8O2. The van der Waals surface area contributed by atoms with Crippen LogP contribution in [0.3, 0.4) is 0 Å². The number of likely N-dealkylation sites (tertiary alicyclic amines) is 2. The molecule has 2 aliphatic heterocycles. The first-order valence-corrected chi connectivity index (χ1v) is 15.1. The van der Waals surface area contributed by atoms with E-state index in [0.717, 1.165) is 48.7 Å². The number of aromatic nitrogens is 4. The summed E-state index contributed by atoms with van der Waals surface area (Å²) in [6, 6.07) is 11.5. The van der Waals surface area contributed by atoms with E-state index >= 15 is 0 Å². The van der Waals surface area contributed by atoms with E-state index in [1.807, 2.05) is 50.2 Å². The third-order valence-corrected chi connectivity index (χ3v) is 8.75. The van der Waals surface area contributed by atoms with Crippen molar-refractivity contribution in [1.82, 2.24) is 29.7 Å². The van der Waals surface area contributed by atoms with Crippen LogP contribution in [0.2, 0.25) is 10.0 Å². The Bertz CT molecular complexity index is 1570. The van der Waals surface area contributed by atoms with Crippen LogP contribution in [0.1, 0.15) is 25.2 Å². The molecule has 2 aromatic carbocycles. The molecule has 0 amide bonds. The van der Waals surface area contributed by atoms with Gasteiger partial charge in [0.05, 0.1) is 48.0 Å². The van der Waals surface area contributed by atoms with Crippen molar-refractivity contribution in [1.29, 1.82) is 0 Å². The maximum Gasteiger partial charge on any atom is 0.237 e. The van der Waals surface area contributed by atoms with Gasteiger partial charge in [-0.25, -0.2) is 9.97 Å². The van der Waals surface area contributed by atoms with Crippen molar-refractivity contribution >= 4 is 23.2 Å². The Labute approximate surface area is 267 Å². The molecule has 0 bridgehead atoms. The standard InChI is InChI=1S/C32H36Cl2N8O2/c1-31(35)15-41(16-31)13-25-29(43-3)39-23(11-37-25)21-9-5-7-19(27(21)33)20-8-6-10-22(28(20)34)24-12-38-26(30(40-24)44-4)14-42-17-32(2,36)18-42/h5-12H,13-18,35-36H2,1-4H3. The van der Waals surface area contributed by atoms with Gasteiger partial charge in [-0.05, 0) is 13.8 Å². The molecule has 10 nitrogen and oxygen atoms in total. The summed E-state index contributed by atoms with van der Waals surface area (Å²) in [6.45, 7) is 8.48. The number of hydrogen-bond acceptors (Lipinski definition) is 10. The zero-order valence-corrected chi connectivity index (χ0v) is 26.8. The van der Waals surface area contributed by atoms with Gasteiger partial charge in [-0.1, -0.05) is 59.6 Å².